The summed E-state index contributed by atoms with van der Waals surface area (Å²) in [5.41, 5.74) is 2.15. The maximum absolute atomic E-state index is 5.89. The second kappa shape index (κ2) is 3.54. The van der Waals surface area contributed by atoms with Crippen LogP contribution in [0.25, 0.3) is 0 Å². The second-order valence-corrected chi connectivity index (χ2v) is 4.04. The molecule has 14 heavy (non-hydrogen) atoms. The van der Waals surface area contributed by atoms with E-state index in [2.05, 4.69) is 0 Å². The Bertz CT molecular complexity index is 343. The largest absolute Gasteiger partial charge is 0.344 e. The van der Waals surface area contributed by atoms with Gasteiger partial charge in [0, 0.05) is 10.6 Å². The monoisotopic (exact) mass is 212 g/mol. The number of rotatable bonds is 1. The molecular formula is C11H13ClO2. The summed E-state index contributed by atoms with van der Waals surface area (Å²) in [4.78, 5) is 0. The number of benzene rings is 1. The van der Waals surface area contributed by atoms with Gasteiger partial charge in [-0.25, -0.2) is 0 Å². The number of halogens is 1. The fourth-order valence-electron chi connectivity index (χ4n) is 1.81. The third kappa shape index (κ3) is 1.65. The predicted molar refractivity (Wildman–Crippen MR) is 55.4 cm³/mol. The number of hydrogen-bond donors (Lipinski definition) is 0. The first-order valence-electron chi connectivity index (χ1n) is 4.66. The first-order chi connectivity index (χ1) is 6.62. The van der Waals surface area contributed by atoms with Crippen molar-refractivity contribution in [2.75, 3.05) is 13.2 Å². The van der Waals surface area contributed by atoms with Gasteiger partial charge in [-0.3, -0.25) is 0 Å². The van der Waals surface area contributed by atoms with E-state index in [-0.39, 0.29) is 0 Å². The van der Waals surface area contributed by atoms with Gasteiger partial charge in [-0.15, -0.1) is 0 Å². The summed E-state index contributed by atoms with van der Waals surface area (Å²) in [6.45, 7) is 5.25. The summed E-state index contributed by atoms with van der Waals surface area (Å²) in [7, 11) is 0. The highest BCUT2D eigenvalue weighted by Gasteiger charge is 2.34. The molecule has 1 fully saturated rings. The molecule has 1 aromatic rings. The van der Waals surface area contributed by atoms with Gasteiger partial charge in [-0.1, -0.05) is 17.7 Å². The number of ether oxygens (including phenoxy) is 2. The van der Waals surface area contributed by atoms with Crippen LogP contribution in [0.4, 0.5) is 0 Å². The minimum atomic E-state index is -0.589. The van der Waals surface area contributed by atoms with Gasteiger partial charge in [-0.2, -0.15) is 0 Å². The molecule has 0 aliphatic carbocycles. The Kier molecular flexibility index (Phi) is 2.52. The third-order valence-electron chi connectivity index (χ3n) is 2.52. The molecule has 1 heterocycles. The highest BCUT2D eigenvalue weighted by molar-refractivity contribution is 6.30. The van der Waals surface area contributed by atoms with E-state index in [4.69, 9.17) is 21.1 Å². The van der Waals surface area contributed by atoms with Crippen LogP contribution in [0.3, 0.4) is 0 Å². The van der Waals surface area contributed by atoms with E-state index in [0.29, 0.717) is 13.2 Å². The fourth-order valence-corrected chi connectivity index (χ4v) is 2.03. The van der Waals surface area contributed by atoms with E-state index in [0.717, 1.165) is 16.1 Å². The van der Waals surface area contributed by atoms with Gasteiger partial charge in [0.05, 0.1) is 13.2 Å². The van der Waals surface area contributed by atoms with Crippen molar-refractivity contribution in [2.24, 2.45) is 0 Å². The lowest BCUT2D eigenvalue weighted by Gasteiger charge is -2.24. The molecule has 0 aromatic heterocycles. The Morgan fingerprint density at radius 3 is 2.50 bits per heavy atom. The van der Waals surface area contributed by atoms with Crippen molar-refractivity contribution in [3.05, 3.63) is 34.3 Å². The molecule has 76 valence electrons. The van der Waals surface area contributed by atoms with Gasteiger partial charge >= 0.3 is 0 Å². The number of aryl methyl sites for hydroxylation is 1. The van der Waals surface area contributed by atoms with Crippen molar-refractivity contribution in [1.29, 1.82) is 0 Å². The van der Waals surface area contributed by atoms with Crippen LogP contribution in [-0.2, 0) is 15.3 Å². The van der Waals surface area contributed by atoms with Crippen LogP contribution in [0.15, 0.2) is 18.2 Å². The van der Waals surface area contributed by atoms with Crippen LogP contribution < -0.4 is 0 Å². The smallest absolute Gasteiger partial charge is 0.192 e. The minimum absolute atomic E-state index is 0.589. The van der Waals surface area contributed by atoms with Crippen molar-refractivity contribution in [3.63, 3.8) is 0 Å². The molecule has 0 unspecified atom stereocenters. The fraction of sp³-hybridized carbons (Fsp3) is 0.455. The van der Waals surface area contributed by atoms with Crippen LogP contribution in [-0.4, -0.2) is 13.2 Å². The summed E-state index contributed by atoms with van der Waals surface area (Å²) in [6, 6.07) is 5.75. The number of hydrogen-bond acceptors (Lipinski definition) is 2. The molecule has 0 radical (unpaired) electrons. The van der Waals surface area contributed by atoms with Crippen LogP contribution in [0.2, 0.25) is 5.02 Å². The highest BCUT2D eigenvalue weighted by atomic mass is 35.5. The molecule has 1 saturated heterocycles. The second-order valence-electron chi connectivity index (χ2n) is 3.60. The molecule has 0 spiro atoms. The van der Waals surface area contributed by atoms with Gasteiger partial charge in [0.2, 0.25) is 0 Å². The Balaban J connectivity index is 2.40. The van der Waals surface area contributed by atoms with Gasteiger partial charge in [0.1, 0.15) is 0 Å². The van der Waals surface area contributed by atoms with Crippen LogP contribution in [0.1, 0.15) is 18.1 Å². The molecular weight excluding hydrogens is 200 g/mol. The summed E-state index contributed by atoms with van der Waals surface area (Å²) in [5, 5.41) is 0.743. The van der Waals surface area contributed by atoms with E-state index in [1.165, 1.54) is 0 Å². The van der Waals surface area contributed by atoms with Crippen molar-refractivity contribution in [3.8, 4) is 0 Å². The van der Waals surface area contributed by atoms with E-state index in [9.17, 15) is 0 Å². The first-order valence-corrected chi connectivity index (χ1v) is 5.04. The van der Waals surface area contributed by atoms with Crippen LogP contribution in [0.5, 0.6) is 0 Å². The predicted octanol–water partition coefficient (Wildman–Crippen LogP) is 2.87. The average Bonchev–Trinajstić information content (AvgIpc) is 2.52. The third-order valence-corrected chi connectivity index (χ3v) is 2.75. The first kappa shape index (κ1) is 9.97. The molecule has 0 amide bonds. The molecule has 1 aliphatic heterocycles. The molecule has 0 N–H and O–H groups in total. The quantitative estimate of drug-likeness (QED) is 0.713. The van der Waals surface area contributed by atoms with Gasteiger partial charge in [0.15, 0.2) is 5.79 Å². The molecule has 2 nitrogen and oxygen atoms in total. The maximum Gasteiger partial charge on any atom is 0.192 e. The lowest BCUT2D eigenvalue weighted by Crippen LogP contribution is -2.23. The Labute approximate surface area is 88.8 Å². The Morgan fingerprint density at radius 1 is 1.29 bits per heavy atom. The normalized spacial score (nSPS) is 19.9. The van der Waals surface area contributed by atoms with Gasteiger partial charge in [0.25, 0.3) is 0 Å². The lowest BCUT2D eigenvalue weighted by molar-refractivity contribution is -0.150. The standard InChI is InChI=1S/C11H13ClO2/c1-8-7-9(12)3-4-10(8)11(2)13-5-6-14-11/h3-4,7H,5-6H2,1-2H3. The Morgan fingerprint density at radius 2 is 1.93 bits per heavy atom. The highest BCUT2D eigenvalue weighted by Crippen LogP contribution is 2.33. The summed E-state index contributed by atoms with van der Waals surface area (Å²) in [6.07, 6.45) is 0. The summed E-state index contributed by atoms with van der Waals surface area (Å²) in [5.74, 6) is -0.589. The molecule has 0 atom stereocenters. The minimum Gasteiger partial charge on any atom is -0.344 e. The zero-order chi connectivity index (χ0) is 10.2. The van der Waals surface area contributed by atoms with E-state index in [1.807, 2.05) is 32.0 Å². The summed E-state index contributed by atoms with van der Waals surface area (Å²) >= 11 is 5.89. The molecule has 0 saturated carbocycles. The van der Waals surface area contributed by atoms with Crippen LogP contribution in [0, 0.1) is 6.92 Å². The zero-order valence-corrected chi connectivity index (χ0v) is 9.10. The zero-order valence-electron chi connectivity index (χ0n) is 8.34. The van der Waals surface area contributed by atoms with Crippen molar-refractivity contribution in [2.45, 2.75) is 19.6 Å². The van der Waals surface area contributed by atoms with Crippen molar-refractivity contribution >= 4 is 11.6 Å². The van der Waals surface area contributed by atoms with Crippen LogP contribution >= 0.6 is 11.6 Å². The lowest BCUT2D eigenvalue weighted by atomic mass is 10.0. The van der Waals surface area contributed by atoms with E-state index >= 15 is 0 Å². The Hall–Kier alpha value is -0.570. The average molecular weight is 213 g/mol. The molecule has 1 aliphatic rings. The topological polar surface area (TPSA) is 18.5 Å². The maximum atomic E-state index is 5.89. The van der Waals surface area contributed by atoms with Gasteiger partial charge in [-0.05, 0) is 31.5 Å². The molecule has 0 bridgehead atoms. The van der Waals surface area contributed by atoms with E-state index in [1.54, 1.807) is 0 Å². The van der Waals surface area contributed by atoms with Gasteiger partial charge < -0.3 is 9.47 Å². The van der Waals surface area contributed by atoms with Crippen molar-refractivity contribution in [1.82, 2.24) is 0 Å². The SMILES string of the molecule is Cc1cc(Cl)ccc1C1(C)OCCO1. The molecule has 1 aromatic carbocycles. The van der Waals surface area contributed by atoms with E-state index < -0.39 is 5.79 Å². The van der Waals surface area contributed by atoms with Crippen molar-refractivity contribution < 1.29 is 9.47 Å². The summed E-state index contributed by atoms with van der Waals surface area (Å²) < 4.78 is 11.2. The molecule has 3 heteroatoms. The molecule has 2 rings (SSSR count).